The third-order valence-electron chi connectivity index (χ3n) is 6.72. The highest BCUT2D eigenvalue weighted by Gasteiger charge is 2.45. The van der Waals surface area contributed by atoms with Crippen LogP contribution in [0.4, 0.5) is 19.1 Å². The van der Waals surface area contributed by atoms with Crippen LogP contribution >= 0.6 is 0 Å². The number of sulfonamides is 1. The van der Waals surface area contributed by atoms with Crippen molar-refractivity contribution in [3.8, 4) is 11.3 Å². The van der Waals surface area contributed by atoms with E-state index in [1.807, 2.05) is 0 Å². The number of β-amino-alcohol motifs (C(OH)–C–C–N with tert-alkyl or cyclic N) is 1. The van der Waals surface area contributed by atoms with Gasteiger partial charge in [-0.25, -0.2) is 27.9 Å². The quantitative estimate of drug-likeness (QED) is 0.681. The zero-order chi connectivity index (χ0) is 23.7. The molecule has 0 saturated carbocycles. The standard InChI is InChI=1S/C21H23F3N4O4S/c1-10-16(29)7-28(10)20-26-17(14-4-5-21(23,24)18(14)27-20)11-2-3-13-12(6-11)8-32-9-15(13)19(22)33(25,30)31/h2-3,6,10,15-16,19,29H,4-5,7-9H2,1H3,(H2,25,30,31)/t10-,15-,16+,19?/m0/s1. The van der Waals surface area contributed by atoms with E-state index in [4.69, 9.17) is 9.88 Å². The predicted molar refractivity (Wildman–Crippen MR) is 113 cm³/mol. The molecule has 3 heterocycles. The number of halogens is 3. The van der Waals surface area contributed by atoms with Crippen molar-refractivity contribution < 1.29 is 31.4 Å². The number of alkyl halides is 3. The van der Waals surface area contributed by atoms with Gasteiger partial charge in [0.15, 0.2) is 0 Å². The van der Waals surface area contributed by atoms with Crippen LogP contribution in [0.1, 0.15) is 41.6 Å². The molecule has 33 heavy (non-hydrogen) atoms. The molecule has 8 nitrogen and oxygen atoms in total. The fourth-order valence-corrected chi connectivity index (χ4v) is 5.39. The van der Waals surface area contributed by atoms with E-state index in [1.165, 1.54) is 0 Å². The van der Waals surface area contributed by atoms with Crippen molar-refractivity contribution in [1.29, 1.82) is 0 Å². The van der Waals surface area contributed by atoms with E-state index in [2.05, 4.69) is 9.97 Å². The lowest BCUT2D eigenvalue weighted by Gasteiger charge is -2.43. The molecular weight excluding hydrogens is 461 g/mol. The Morgan fingerprint density at radius 1 is 1.33 bits per heavy atom. The molecule has 4 atom stereocenters. The van der Waals surface area contributed by atoms with E-state index < -0.39 is 33.5 Å². The first-order chi connectivity index (χ1) is 15.5. The van der Waals surface area contributed by atoms with E-state index in [0.717, 1.165) is 0 Å². The number of aromatic nitrogens is 2. The maximum absolute atomic E-state index is 14.6. The fraction of sp³-hybridized carbons (Fsp3) is 0.524. The molecule has 1 aromatic heterocycles. The molecule has 1 unspecified atom stereocenters. The zero-order valence-electron chi connectivity index (χ0n) is 17.7. The van der Waals surface area contributed by atoms with Crippen molar-refractivity contribution in [2.45, 2.75) is 55.9 Å². The van der Waals surface area contributed by atoms with Crippen LogP contribution in [0.15, 0.2) is 18.2 Å². The Labute approximate surface area is 188 Å². The van der Waals surface area contributed by atoms with Gasteiger partial charge >= 0.3 is 0 Å². The van der Waals surface area contributed by atoms with Gasteiger partial charge in [0.05, 0.1) is 37.0 Å². The number of nitrogens with zero attached hydrogens (tertiary/aromatic N) is 3. The summed E-state index contributed by atoms with van der Waals surface area (Å²) in [6, 6.07) is 4.55. The van der Waals surface area contributed by atoms with Gasteiger partial charge in [-0.05, 0) is 30.5 Å². The zero-order valence-corrected chi connectivity index (χ0v) is 18.5. The van der Waals surface area contributed by atoms with Crippen LogP contribution in [0.5, 0.6) is 0 Å². The second-order valence-electron chi connectivity index (χ2n) is 8.84. The van der Waals surface area contributed by atoms with Gasteiger partial charge in [-0.2, -0.15) is 8.78 Å². The number of anilines is 1. The van der Waals surface area contributed by atoms with Gasteiger partial charge < -0.3 is 14.7 Å². The van der Waals surface area contributed by atoms with E-state index in [1.54, 1.807) is 30.0 Å². The molecule has 1 fully saturated rings. The lowest BCUT2D eigenvalue weighted by atomic mass is 9.91. The van der Waals surface area contributed by atoms with Crippen LogP contribution in [0.2, 0.25) is 0 Å². The van der Waals surface area contributed by atoms with E-state index in [9.17, 15) is 26.7 Å². The van der Waals surface area contributed by atoms with E-state index in [-0.39, 0.29) is 50.3 Å². The summed E-state index contributed by atoms with van der Waals surface area (Å²) >= 11 is 0. The van der Waals surface area contributed by atoms with E-state index >= 15 is 0 Å². The van der Waals surface area contributed by atoms with Gasteiger partial charge in [0, 0.05) is 24.1 Å². The number of ether oxygens (including phenoxy) is 1. The lowest BCUT2D eigenvalue weighted by molar-refractivity contribution is -0.00603. The molecule has 178 valence electrons. The van der Waals surface area contributed by atoms with Gasteiger partial charge in [0.2, 0.25) is 21.5 Å². The van der Waals surface area contributed by atoms with Crippen LogP contribution < -0.4 is 10.0 Å². The molecule has 2 aliphatic heterocycles. The van der Waals surface area contributed by atoms with E-state index in [0.29, 0.717) is 27.9 Å². The highest BCUT2D eigenvalue weighted by atomic mass is 32.2. The Kier molecular flexibility index (Phi) is 5.20. The number of aliphatic hydroxyl groups excluding tert-OH is 1. The summed E-state index contributed by atoms with van der Waals surface area (Å²) in [5, 5.41) is 14.8. The average molecular weight is 485 g/mol. The second kappa shape index (κ2) is 7.62. The highest BCUT2D eigenvalue weighted by molar-refractivity contribution is 7.89. The molecule has 0 amide bonds. The molecule has 5 rings (SSSR count). The minimum absolute atomic E-state index is 0.101. The third kappa shape index (κ3) is 3.69. The minimum atomic E-state index is -4.43. The van der Waals surface area contributed by atoms with Crippen LogP contribution in [0.25, 0.3) is 11.3 Å². The van der Waals surface area contributed by atoms with Crippen LogP contribution in [-0.4, -0.2) is 54.3 Å². The largest absolute Gasteiger partial charge is 0.389 e. The predicted octanol–water partition coefficient (Wildman–Crippen LogP) is 1.95. The lowest BCUT2D eigenvalue weighted by Crippen LogP contribution is -2.59. The highest BCUT2D eigenvalue weighted by Crippen LogP contribution is 2.45. The van der Waals surface area contributed by atoms with Crippen molar-refractivity contribution in [2.24, 2.45) is 5.14 Å². The molecule has 3 N–H and O–H groups in total. The summed E-state index contributed by atoms with van der Waals surface area (Å²) in [4.78, 5) is 10.4. The molecule has 12 heteroatoms. The van der Waals surface area contributed by atoms with Crippen molar-refractivity contribution in [3.63, 3.8) is 0 Å². The Morgan fingerprint density at radius 3 is 2.76 bits per heavy atom. The molecule has 0 radical (unpaired) electrons. The smallest absolute Gasteiger partial charge is 0.290 e. The maximum atomic E-state index is 14.6. The summed E-state index contributed by atoms with van der Waals surface area (Å²) in [7, 11) is -4.43. The SMILES string of the molecule is C[C@H]1[C@H](O)CN1c1nc(-c2ccc3c(c2)COC[C@@H]3C(F)S(N)(=O)=O)c2c(n1)C(F)(F)CC2. The fourth-order valence-electron chi connectivity index (χ4n) is 4.70. The molecule has 1 aromatic carbocycles. The Balaban J connectivity index is 1.60. The summed E-state index contributed by atoms with van der Waals surface area (Å²) in [6.45, 7) is 1.98. The third-order valence-corrected chi connectivity index (χ3v) is 7.68. The van der Waals surface area contributed by atoms with Crippen molar-refractivity contribution >= 4 is 16.0 Å². The van der Waals surface area contributed by atoms with Gasteiger partial charge in [-0.1, -0.05) is 12.1 Å². The molecule has 2 aromatic rings. The number of hydrogen-bond donors (Lipinski definition) is 2. The number of hydrogen-bond acceptors (Lipinski definition) is 7. The first-order valence-electron chi connectivity index (χ1n) is 10.6. The normalized spacial score (nSPS) is 27.0. The first kappa shape index (κ1) is 22.5. The summed E-state index contributed by atoms with van der Waals surface area (Å²) in [6.07, 6.45) is -0.861. The number of aliphatic hydroxyl groups is 1. The Hall–Kier alpha value is -2.28. The van der Waals surface area contributed by atoms with Crippen molar-refractivity contribution in [3.05, 3.63) is 40.6 Å². The molecule has 0 spiro atoms. The summed E-state index contributed by atoms with van der Waals surface area (Å²) in [5.41, 5.74) is -0.442. The number of rotatable bonds is 4. The van der Waals surface area contributed by atoms with Crippen LogP contribution in [0, 0.1) is 0 Å². The Bertz CT molecular complexity index is 1230. The van der Waals surface area contributed by atoms with Gasteiger partial charge in [-0.15, -0.1) is 0 Å². The van der Waals surface area contributed by atoms with Crippen LogP contribution in [0.3, 0.4) is 0 Å². The number of benzene rings is 1. The minimum Gasteiger partial charge on any atom is -0.389 e. The maximum Gasteiger partial charge on any atom is 0.290 e. The molecule has 0 bridgehead atoms. The van der Waals surface area contributed by atoms with Crippen molar-refractivity contribution in [2.75, 3.05) is 18.1 Å². The van der Waals surface area contributed by atoms with Gasteiger partial charge in [0.1, 0.15) is 5.69 Å². The average Bonchev–Trinajstić information content (AvgIpc) is 3.09. The van der Waals surface area contributed by atoms with Gasteiger partial charge in [-0.3, -0.25) is 0 Å². The first-order valence-corrected chi connectivity index (χ1v) is 12.2. The number of fused-ring (bicyclic) bond motifs is 2. The monoisotopic (exact) mass is 484 g/mol. The van der Waals surface area contributed by atoms with Crippen molar-refractivity contribution in [1.82, 2.24) is 9.97 Å². The molecule has 3 aliphatic rings. The molecule has 1 aliphatic carbocycles. The molecular formula is C21H23F3N4O4S. The van der Waals surface area contributed by atoms with Gasteiger partial charge in [0.25, 0.3) is 5.92 Å². The topological polar surface area (TPSA) is 119 Å². The number of primary sulfonamides is 1. The molecule has 1 saturated heterocycles. The second-order valence-corrected chi connectivity index (χ2v) is 10.5. The summed E-state index contributed by atoms with van der Waals surface area (Å²) in [5.74, 6) is -4.06. The number of nitrogens with two attached hydrogens (primary N) is 1. The summed E-state index contributed by atoms with van der Waals surface area (Å²) < 4.78 is 72.2. The Morgan fingerprint density at radius 2 is 2.09 bits per heavy atom. The van der Waals surface area contributed by atoms with Crippen LogP contribution in [-0.2, 0) is 33.7 Å².